The van der Waals surface area contributed by atoms with Gasteiger partial charge in [0.25, 0.3) is 0 Å². The number of carbonyl (C=O) groups is 1. The molecule has 1 atom stereocenters. The van der Waals surface area contributed by atoms with Gasteiger partial charge in [-0.3, -0.25) is 9.89 Å². The molecule has 1 aromatic heterocycles. The van der Waals surface area contributed by atoms with Gasteiger partial charge < -0.3 is 10.6 Å². The van der Waals surface area contributed by atoms with Crippen molar-refractivity contribution in [3.8, 4) is 11.1 Å². The maximum atomic E-state index is 12.7. The number of benzene rings is 1. The summed E-state index contributed by atoms with van der Waals surface area (Å²) in [6.07, 6.45) is 6.03. The molecule has 134 valence electrons. The van der Waals surface area contributed by atoms with E-state index in [-0.39, 0.29) is 11.9 Å². The van der Waals surface area contributed by atoms with E-state index >= 15 is 0 Å². The average molecular weight is 340 g/mol. The molecule has 1 aromatic carbocycles. The van der Waals surface area contributed by atoms with Crippen LogP contribution in [-0.4, -0.2) is 29.2 Å². The predicted octanol–water partition coefficient (Wildman–Crippen LogP) is 3.80. The fraction of sp³-hybridized carbons (Fsp3) is 0.500. The minimum Gasteiger partial charge on any atom is -0.325 e. The van der Waals surface area contributed by atoms with E-state index in [0.717, 1.165) is 41.0 Å². The number of hydrogen-bond donors (Lipinski definition) is 3. The van der Waals surface area contributed by atoms with Crippen molar-refractivity contribution in [1.82, 2.24) is 15.5 Å². The fourth-order valence-corrected chi connectivity index (χ4v) is 3.96. The van der Waals surface area contributed by atoms with Crippen LogP contribution in [0.15, 0.2) is 24.3 Å². The Morgan fingerprint density at radius 3 is 2.40 bits per heavy atom. The molecule has 2 aromatic rings. The molecule has 1 saturated carbocycles. The van der Waals surface area contributed by atoms with Crippen LogP contribution < -0.4 is 10.6 Å². The topological polar surface area (TPSA) is 69.8 Å². The first kappa shape index (κ1) is 17.7. The van der Waals surface area contributed by atoms with Crippen molar-refractivity contribution < 1.29 is 4.79 Å². The van der Waals surface area contributed by atoms with Crippen molar-refractivity contribution in [2.24, 2.45) is 5.92 Å². The molecule has 3 rings (SSSR count). The zero-order chi connectivity index (χ0) is 17.8. The molecule has 3 N–H and O–H groups in total. The molecule has 1 heterocycles. The molecule has 0 radical (unpaired) electrons. The number of rotatable bonds is 5. The van der Waals surface area contributed by atoms with E-state index in [1.807, 2.05) is 45.2 Å². The Balaban J connectivity index is 1.69. The van der Waals surface area contributed by atoms with E-state index in [9.17, 15) is 4.79 Å². The average Bonchev–Trinajstić information content (AvgIpc) is 2.96. The van der Waals surface area contributed by atoms with Gasteiger partial charge in [-0.25, -0.2) is 0 Å². The van der Waals surface area contributed by atoms with Crippen LogP contribution in [0.25, 0.3) is 11.1 Å². The zero-order valence-corrected chi connectivity index (χ0v) is 15.4. The molecule has 1 aliphatic rings. The lowest BCUT2D eigenvalue weighted by atomic mass is 9.83. The summed E-state index contributed by atoms with van der Waals surface area (Å²) in [6, 6.07) is 7.89. The van der Waals surface area contributed by atoms with Crippen LogP contribution >= 0.6 is 0 Å². The normalized spacial score (nSPS) is 16.6. The molecule has 0 saturated heterocycles. The highest BCUT2D eigenvalue weighted by molar-refractivity contribution is 5.95. The van der Waals surface area contributed by atoms with Gasteiger partial charge in [-0.05, 0) is 57.4 Å². The van der Waals surface area contributed by atoms with Crippen molar-refractivity contribution in [3.05, 3.63) is 35.7 Å². The summed E-state index contributed by atoms with van der Waals surface area (Å²) in [4.78, 5) is 12.7. The maximum Gasteiger partial charge on any atom is 0.241 e. The third-order valence-electron chi connectivity index (χ3n) is 5.28. The summed E-state index contributed by atoms with van der Waals surface area (Å²) in [6.45, 7) is 4.02. The Hall–Kier alpha value is -2.14. The molecule has 0 spiro atoms. The number of nitrogens with one attached hydrogen (secondary N) is 3. The third kappa shape index (κ3) is 3.93. The van der Waals surface area contributed by atoms with E-state index in [1.165, 1.54) is 19.3 Å². The summed E-state index contributed by atoms with van der Waals surface area (Å²) < 4.78 is 0. The molecule has 1 fully saturated rings. The van der Waals surface area contributed by atoms with E-state index in [2.05, 4.69) is 20.8 Å². The molecule has 1 unspecified atom stereocenters. The second kappa shape index (κ2) is 7.83. The minimum atomic E-state index is -0.113. The number of aromatic amines is 1. The van der Waals surface area contributed by atoms with Crippen molar-refractivity contribution in [3.63, 3.8) is 0 Å². The first-order chi connectivity index (χ1) is 12.1. The van der Waals surface area contributed by atoms with Crippen molar-refractivity contribution in [2.75, 3.05) is 12.4 Å². The third-order valence-corrected chi connectivity index (χ3v) is 5.28. The summed E-state index contributed by atoms with van der Waals surface area (Å²) in [7, 11) is 1.88. The number of nitrogens with zero attached hydrogens (tertiary/aromatic N) is 1. The highest BCUT2D eigenvalue weighted by Crippen LogP contribution is 2.28. The smallest absolute Gasteiger partial charge is 0.241 e. The van der Waals surface area contributed by atoms with Crippen molar-refractivity contribution >= 4 is 11.6 Å². The molecule has 1 aliphatic carbocycles. The second-order valence-electron chi connectivity index (χ2n) is 7.04. The monoisotopic (exact) mass is 340 g/mol. The number of anilines is 1. The van der Waals surface area contributed by atoms with Gasteiger partial charge in [0.2, 0.25) is 5.91 Å². The number of carbonyl (C=O) groups excluding carboxylic acids is 1. The van der Waals surface area contributed by atoms with Crippen molar-refractivity contribution in [2.45, 2.75) is 52.0 Å². The quantitative estimate of drug-likeness (QED) is 0.775. The van der Waals surface area contributed by atoms with E-state index in [4.69, 9.17) is 0 Å². The summed E-state index contributed by atoms with van der Waals surface area (Å²) in [5, 5.41) is 13.5. The Morgan fingerprint density at radius 1 is 1.16 bits per heavy atom. The van der Waals surface area contributed by atoms with E-state index < -0.39 is 0 Å². The molecular weight excluding hydrogens is 312 g/mol. The molecular formula is C20H28N4O. The molecule has 1 amide bonds. The minimum absolute atomic E-state index is 0.0674. The highest BCUT2D eigenvalue weighted by Gasteiger charge is 2.28. The summed E-state index contributed by atoms with van der Waals surface area (Å²) in [5.41, 5.74) is 5.12. The van der Waals surface area contributed by atoms with Crippen LogP contribution in [0.3, 0.4) is 0 Å². The maximum absolute atomic E-state index is 12.7. The standard InChI is InChI=1S/C20H28N4O/c1-13-18(14(2)24-23-13)15-9-11-17(12-10-15)22-20(25)19(21-3)16-7-5-4-6-8-16/h9-12,16,19,21H,4-8H2,1-3H3,(H,22,25)(H,23,24). The molecule has 5 nitrogen and oxygen atoms in total. The lowest BCUT2D eigenvalue weighted by Gasteiger charge is -2.29. The first-order valence-electron chi connectivity index (χ1n) is 9.20. The number of aryl methyl sites for hydroxylation is 2. The van der Waals surface area contributed by atoms with Gasteiger partial charge in [0.1, 0.15) is 0 Å². The SMILES string of the molecule is CNC(C(=O)Nc1ccc(-c2c(C)n[nH]c2C)cc1)C1CCCCC1. The lowest BCUT2D eigenvalue weighted by molar-refractivity contribution is -0.119. The van der Waals surface area contributed by atoms with Crippen LogP contribution in [0, 0.1) is 19.8 Å². The van der Waals surface area contributed by atoms with E-state index in [0.29, 0.717) is 5.92 Å². The number of likely N-dealkylation sites (N-methyl/N-ethyl adjacent to an activating group) is 1. The van der Waals surface area contributed by atoms with Gasteiger partial charge in [-0.2, -0.15) is 5.10 Å². The molecule has 0 aliphatic heterocycles. The summed E-state index contributed by atoms with van der Waals surface area (Å²) >= 11 is 0. The number of aromatic nitrogens is 2. The lowest BCUT2D eigenvalue weighted by Crippen LogP contribution is -2.44. The second-order valence-corrected chi connectivity index (χ2v) is 7.04. The van der Waals surface area contributed by atoms with Crippen LogP contribution in [0.2, 0.25) is 0 Å². The Labute approximate surface area is 149 Å². The highest BCUT2D eigenvalue weighted by atomic mass is 16.2. The van der Waals surface area contributed by atoms with Crippen LogP contribution in [0.1, 0.15) is 43.5 Å². The molecule has 25 heavy (non-hydrogen) atoms. The van der Waals surface area contributed by atoms with Crippen LogP contribution in [-0.2, 0) is 4.79 Å². The molecule has 0 bridgehead atoms. The summed E-state index contributed by atoms with van der Waals surface area (Å²) in [5.74, 6) is 0.507. The van der Waals surface area contributed by atoms with Crippen molar-refractivity contribution in [1.29, 1.82) is 0 Å². The van der Waals surface area contributed by atoms with Gasteiger partial charge in [-0.15, -0.1) is 0 Å². The largest absolute Gasteiger partial charge is 0.325 e. The van der Waals surface area contributed by atoms with Gasteiger partial charge in [0, 0.05) is 16.9 Å². The molecule has 5 heteroatoms. The number of H-pyrrole nitrogens is 1. The van der Waals surface area contributed by atoms with Gasteiger partial charge >= 0.3 is 0 Å². The Morgan fingerprint density at radius 2 is 1.84 bits per heavy atom. The first-order valence-corrected chi connectivity index (χ1v) is 9.20. The van der Waals surface area contributed by atoms with Gasteiger partial charge in [0.05, 0.1) is 11.7 Å². The van der Waals surface area contributed by atoms with Crippen LogP contribution in [0.4, 0.5) is 5.69 Å². The Bertz CT molecular complexity index is 694. The fourth-order valence-electron chi connectivity index (χ4n) is 3.96. The van der Waals surface area contributed by atoms with Crippen LogP contribution in [0.5, 0.6) is 0 Å². The Kier molecular flexibility index (Phi) is 5.53. The zero-order valence-electron chi connectivity index (χ0n) is 15.4. The van der Waals surface area contributed by atoms with Gasteiger partial charge in [-0.1, -0.05) is 31.4 Å². The predicted molar refractivity (Wildman–Crippen MR) is 102 cm³/mol. The van der Waals surface area contributed by atoms with Gasteiger partial charge in [0.15, 0.2) is 0 Å². The number of amides is 1. The number of hydrogen-bond acceptors (Lipinski definition) is 3. The van der Waals surface area contributed by atoms with E-state index in [1.54, 1.807) is 0 Å².